The van der Waals surface area contributed by atoms with Gasteiger partial charge in [0.15, 0.2) is 0 Å². The third kappa shape index (κ3) is 4.89. The molecule has 0 aromatic heterocycles. The predicted octanol–water partition coefficient (Wildman–Crippen LogP) is 3.69. The van der Waals surface area contributed by atoms with E-state index < -0.39 is 16.1 Å². The van der Waals surface area contributed by atoms with Gasteiger partial charge in [0.2, 0.25) is 15.9 Å². The van der Waals surface area contributed by atoms with Gasteiger partial charge in [-0.25, -0.2) is 13.2 Å². The van der Waals surface area contributed by atoms with Crippen molar-refractivity contribution >= 4 is 27.7 Å². The number of amides is 2. The lowest BCUT2D eigenvalue weighted by Gasteiger charge is -2.40. The van der Waals surface area contributed by atoms with Crippen LogP contribution in [0.15, 0.2) is 29.2 Å². The first-order valence-electron chi connectivity index (χ1n) is 11.7. The molecule has 3 aliphatic rings. The van der Waals surface area contributed by atoms with Gasteiger partial charge in [0.05, 0.1) is 17.9 Å². The van der Waals surface area contributed by atoms with E-state index in [9.17, 15) is 18.0 Å². The van der Waals surface area contributed by atoms with Crippen molar-refractivity contribution < 1.29 is 22.7 Å². The Morgan fingerprint density at radius 3 is 2.48 bits per heavy atom. The number of fused-ring (bicyclic) bond motifs is 2. The van der Waals surface area contributed by atoms with Crippen LogP contribution in [0.3, 0.4) is 0 Å². The summed E-state index contributed by atoms with van der Waals surface area (Å²) < 4.78 is 32.5. The van der Waals surface area contributed by atoms with Crippen molar-refractivity contribution in [1.29, 1.82) is 0 Å². The number of piperidine rings is 1. The van der Waals surface area contributed by atoms with E-state index in [1.807, 2.05) is 0 Å². The molecule has 1 N–H and O–H groups in total. The normalized spacial score (nSPS) is 29.5. The summed E-state index contributed by atoms with van der Waals surface area (Å²) in [6, 6.07) is 6.26. The molecule has 2 bridgehead atoms. The highest BCUT2D eigenvalue weighted by Crippen LogP contribution is 2.52. The number of sulfonamides is 1. The fourth-order valence-corrected chi connectivity index (χ4v) is 7.87. The van der Waals surface area contributed by atoms with Gasteiger partial charge in [0.1, 0.15) is 0 Å². The molecular weight excluding hydrogens is 442 g/mol. The molecule has 9 heteroatoms. The molecule has 0 radical (unpaired) electrons. The van der Waals surface area contributed by atoms with E-state index >= 15 is 0 Å². The Labute approximate surface area is 196 Å². The van der Waals surface area contributed by atoms with Gasteiger partial charge in [-0.3, -0.25) is 10.1 Å². The van der Waals surface area contributed by atoms with Crippen LogP contribution in [0.2, 0.25) is 0 Å². The zero-order valence-electron chi connectivity index (χ0n) is 20.0. The standard InChI is InChI=1S/C24H35N3O5S/c1-23(2)12-19-13-24(3,15-23)16-27(19)21(28)17-6-5-11-26(14-17)33(30,31)20-9-7-18(8-10-20)25-22(29)32-4/h7-10,17,19H,5-6,11-16H2,1-4H3,(H,25,29)/t17-,19-,24+/m1/s1. The van der Waals surface area contributed by atoms with E-state index in [4.69, 9.17) is 0 Å². The maximum atomic E-state index is 13.5. The Bertz CT molecular complexity index is 1020. The van der Waals surface area contributed by atoms with Crippen LogP contribution in [-0.2, 0) is 19.6 Å². The highest BCUT2D eigenvalue weighted by atomic mass is 32.2. The van der Waals surface area contributed by atoms with Crippen LogP contribution in [0.25, 0.3) is 0 Å². The van der Waals surface area contributed by atoms with Crippen molar-refractivity contribution in [1.82, 2.24) is 9.21 Å². The number of nitrogens with one attached hydrogen (secondary N) is 1. The lowest BCUT2D eigenvalue weighted by Crippen LogP contribution is -2.48. The summed E-state index contributed by atoms with van der Waals surface area (Å²) in [6.07, 6.45) is 3.94. The molecule has 1 saturated carbocycles. The molecule has 4 rings (SSSR count). The van der Waals surface area contributed by atoms with E-state index in [-0.39, 0.29) is 40.1 Å². The van der Waals surface area contributed by atoms with Gasteiger partial charge in [-0.1, -0.05) is 20.8 Å². The summed E-state index contributed by atoms with van der Waals surface area (Å²) in [6.45, 7) is 8.25. The summed E-state index contributed by atoms with van der Waals surface area (Å²) in [4.78, 5) is 27.1. The van der Waals surface area contributed by atoms with Crippen molar-refractivity contribution in [3.8, 4) is 0 Å². The zero-order chi connectivity index (χ0) is 24.0. The quantitative estimate of drug-likeness (QED) is 0.713. The molecule has 1 aliphatic carbocycles. The summed E-state index contributed by atoms with van der Waals surface area (Å²) >= 11 is 0. The minimum Gasteiger partial charge on any atom is -0.453 e. The lowest BCUT2D eigenvalue weighted by molar-refractivity contribution is -0.137. The van der Waals surface area contributed by atoms with Gasteiger partial charge < -0.3 is 9.64 Å². The number of anilines is 1. The Balaban J connectivity index is 1.46. The average Bonchev–Trinajstić information content (AvgIpc) is 3.02. The molecule has 2 heterocycles. The lowest BCUT2D eigenvalue weighted by atomic mass is 9.65. The van der Waals surface area contributed by atoms with E-state index in [0.717, 1.165) is 32.2 Å². The van der Waals surface area contributed by atoms with Crippen molar-refractivity contribution in [2.24, 2.45) is 16.7 Å². The second kappa shape index (κ2) is 8.58. The van der Waals surface area contributed by atoms with Gasteiger partial charge in [-0.2, -0.15) is 4.31 Å². The number of ether oxygens (including phenoxy) is 1. The van der Waals surface area contributed by atoms with E-state index in [2.05, 4.69) is 35.7 Å². The molecule has 1 aromatic rings. The smallest absolute Gasteiger partial charge is 0.411 e. The monoisotopic (exact) mass is 477 g/mol. The van der Waals surface area contributed by atoms with Crippen LogP contribution < -0.4 is 5.32 Å². The van der Waals surface area contributed by atoms with Crippen LogP contribution in [0.1, 0.15) is 52.9 Å². The second-order valence-electron chi connectivity index (χ2n) is 11.0. The summed E-state index contributed by atoms with van der Waals surface area (Å²) in [7, 11) is -2.47. The zero-order valence-corrected chi connectivity index (χ0v) is 20.8. The van der Waals surface area contributed by atoms with Crippen LogP contribution >= 0.6 is 0 Å². The fourth-order valence-electron chi connectivity index (χ4n) is 6.34. The van der Waals surface area contributed by atoms with E-state index in [1.54, 1.807) is 0 Å². The minimum absolute atomic E-state index is 0.110. The van der Waals surface area contributed by atoms with Gasteiger partial charge in [0.25, 0.3) is 0 Å². The first kappa shape index (κ1) is 24.0. The number of rotatable bonds is 4. The Morgan fingerprint density at radius 1 is 1.12 bits per heavy atom. The molecule has 2 amide bonds. The van der Waals surface area contributed by atoms with Crippen molar-refractivity contribution in [3.63, 3.8) is 0 Å². The highest BCUT2D eigenvalue weighted by Gasteiger charge is 2.52. The summed E-state index contributed by atoms with van der Waals surface area (Å²) in [5.74, 6) is -0.196. The van der Waals surface area contributed by atoms with Crippen molar-refractivity contribution in [3.05, 3.63) is 24.3 Å². The minimum atomic E-state index is -3.73. The maximum Gasteiger partial charge on any atom is 0.411 e. The number of hydrogen-bond donors (Lipinski definition) is 1. The first-order valence-corrected chi connectivity index (χ1v) is 13.1. The molecule has 33 heavy (non-hydrogen) atoms. The maximum absolute atomic E-state index is 13.5. The molecule has 2 saturated heterocycles. The number of benzene rings is 1. The van der Waals surface area contributed by atoms with Crippen LogP contribution in [-0.4, -0.2) is 62.4 Å². The number of methoxy groups -OCH3 is 1. The molecule has 0 spiro atoms. The van der Waals surface area contributed by atoms with Gasteiger partial charge in [-0.15, -0.1) is 0 Å². The first-order chi connectivity index (χ1) is 15.4. The fraction of sp³-hybridized carbons (Fsp3) is 0.667. The Hall–Kier alpha value is -2.13. The van der Waals surface area contributed by atoms with Crippen molar-refractivity contribution in [2.45, 2.75) is 63.8 Å². The molecule has 3 fully saturated rings. The molecule has 8 nitrogen and oxygen atoms in total. The highest BCUT2D eigenvalue weighted by molar-refractivity contribution is 7.89. The molecule has 182 valence electrons. The molecular formula is C24H35N3O5S. The predicted molar refractivity (Wildman–Crippen MR) is 125 cm³/mol. The molecule has 1 aromatic carbocycles. The van der Waals surface area contributed by atoms with Gasteiger partial charge in [-0.05, 0) is 67.2 Å². The van der Waals surface area contributed by atoms with Gasteiger partial charge in [0, 0.05) is 31.4 Å². The number of likely N-dealkylation sites (tertiary alicyclic amines) is 1. The van der Waals surface area contributed by atoms with E-state index in [1.165, 1.54) is 35.7 Å². The van der Waals surface area contributed by atoms with Crippen LogP contribution in [0.4, 0.5) is 10.5 Å². The second-order valence-corrected chi connectivity index (χ2v) is 13.0. The number of carbonyl (C=O) groups excluding carboxylic acids is 2. The summed E-state index contributed by atoms with van der Waals surface area (Å²) in [5.41, 5.74) is 0.829. The van der Waals surface area contributed by atoms with E-state index in [0.29, 0.717) is 18.7 Å². The molecule has 0 unspecified atom stereocenters. The average molecular weight is 478 g/mol. The van der Waals surface area contributed by atoms with Gasteiger partial charge >= 0.3 is 6.09 Å². The molecule has 3 atom stereocenters. The topological polar surface area (TPSA) is 96.0 Å². The van der Waals surface area contributed by atoms with Crippen molar-refractivity contribution in [2.75, 3.05) is 32.1 Å². The Morgan fingerprint density at radius 2 is 1.82 bits per heavy atom. The number of hydrogen-bond acceptors (Lipinski definition) is 5. The third-order valence-corrected chi connectivity index (χ3v) is 9.23. The number of nitrogens with zero attached hydrogens (tertiary/aromatic N) is 2. The third-order valence-electron chi connectivity index (χ3n) is 7.36. The van der Waals surface area contributed by atoms with Crippen LogP contribution in [0.5, 0.6) is 0 Å². The SMILES string of the molecule is COC(=O)Nc1ccc(S(=O)(=O)N2CCC[C@@H](C(=O)N3C[C@@]4(C)C[C@H]3CC(C)(C)C4)C2)cc1. The Kier molecular flexibility index (Phi) is 6.24. The molecule has 2 aliphatic heterocycles. The number of carbonyl (C=O) groups is 2. The largest absolute Gasteiger partial charge is 0.453 e. The van der Waals surface area contributed by atoms with Crippen LogP contribution in [0, 0.1) is 16.7 Å². The summed E-state index contributed by atoms with van der Waals surface area (Å²) in [5, 5.41) is 2.51.